The number of hydrogen-bond acceptors (Lipinski definition) is 2. The molecule has 1 aromatic carbocycles. The molecule has 0 heterocycles. The van der Waals surface area contributed by atoms with Crippen LogP contribution in [0.25, 0.3) is 0 Å². The van der Waals surface area contributed by atoms with Crippen LogP contribution in [0.2, 0.25) is 0 Å². The van der Waals surface area contributed by atoms with Crippen molar-refractivity contribution < 1.29 is 24.1 Å². The molecule has 0 atom stereocenters. The third kappa shape index (κ3) is 4.20. The van der Waals surface area contributed by atoms with Gasteiger partial charge in [0.2, 0.25) is 5.91 Å². The molecule has 1 rings (SSSR count). The van der Waals surface area contributed by atoms with E-state index in [-0.39, 0.29) is 13.1 Å². The highest BCUT2D eigenvalue weighted by molar-refractivity contribution is 5.90. The van der Waals surface area contributed by atoms with Gasteiger partial charge < -0.3 is 10.1 Å². The first kappa shape index (κ1) is 12.4. The number of carbonyl (C=O) groups is 1. The van der Waals surface area contributed by atoms with Crippen molar-refractivity contribution in [2.24, 2.45) is 0 Å². The fraction of sp³-hybridized carbons (Fsp3) is 0.300. The summed E-state index contributed by atoms with van der Waals surface area (Å²) in [5, 5.41) is 2.51. The third-order valence-electron chi connectivity index (χ3n) is 1.69. The standard InChI is InChI=1S/C10H10F3NO2.H2/c1-2-9(15)14-7-3-5-8(6-4-7)16-10(11,12)13;/h3-6H,2H2,1H3,(H,14,15);1H. The molecule has 0 saturated heterocycles. The summed E-state index contributed by atoms with van der Waals surface area (Å²) in [6, 6.07) is 4.96. The highest BCUT2D eigenvalue weighted by Crippen LogP contribution is 2.23. The Morgan fingerprint density at radius 3 is 2.38 bits per heavy atom. The number of halogens is 3. The first-order valence-corrected chi connectivity index (χ1v) is 4.56. The Labute approximate surface area is 91.7 Å². The Bertz CT molecular complexity index is 365. The molecule has 1 N–H and O–H groups in total. The first-order chi connectivity index (χ1) is 7.40. The van der Waals surface area contributed by atoms with E-state index in [2.05, 4.69) is 10.1 Å². The molecule has 0 radical (unpaired) electrons. The van der Waals surface area contributed by atoms with Gasteiger partial charge in [-0.15, -0.1) is 13.2 Å². The molecule has 0 fully saturated rings. The van der Waals surface area contributed by atoms with Gasteiger partial charge in [0.15, 0.2) is 0 Å². The lowest BCUT2D eigenvalue weighted by Gasteiger charge is -2.09. The molecule has 16 heavy (non-hydrogen) atoms. The molecule has 0 bridgehead atoms. The molecule has 0 unspecified atom stereocenters. The fourth-order valence-corrected chi connectivity index (χ4v) is 0.989. The van der Waals surface area contributed by atoms with Crippen LogP contribution in [0.1, 0.15) is 14.8 Å². The Balaban J connectivity index is 0.00000256. The van der Waals surface area contributed by atoms with Gasteiger partial charge in [-0.2, -0.15) is 0 Å². The van der Waals surface area contributed by atoms with Crippen LogP contribution in [0.5, 0.6) is 5.75 Å². The molecule has 0 aliphatic carbocycles. The molecule has 0 aliphatic rings. The number of nitrogens with one attached hydrogen (secondary N) is 1. The molecular weight excluding hydrogens is 223 g/mol. The normalized spacial score (nSPS) is 11.0. The number of alkyl halides is 3. The average Bonchev–Trinajstić information content (AvgIpc) is 2.18. The number of benzene rings is 1. The van der Waals surface area contributed by atoms with E-state index in [1.54, 1.807) is 6.92 Å². The lowest BCUT2D eigenvalue weighted by molar-refractivity contribution is -0.274. The van der Waals surface area contributed by atoms with Gasteiger partial charge in [0.05, 0.1) is 0 Å². The lowest BCUT2D eigenvalue weighted by atomic mass is 10.3. The zero-order valence-electron chi connectivity index (χ0n) is 8.47. The van der Waals surface area contributed by atoms with Gasteiger partial charge in [-0.3, -0.25) is 4.79 Å². The topological polar surface area (TPSA) is 38.3 Å². The first-order valence-electron chi connectivity index (χ1n) is 4.56. The largest absolute Gasteiger partial charge is 0.573 e. The van der Waals surface area contributed by atoms with Crippen molar-refractivity contribution in [2.45, 2.75) is 19.7 Å². The Hall–Kier alpha value is -1.72. The maximum atomic E-state index is 11.8. The Kier molecular flexibility index (Phi) is 3.76. The van der Waals surface area contributed by atoms with Gasteiger partial charge in [-0.05, 0) is 24.3 Å². The second kappa shape index (κ2) is 4.87. The minimum absolute atomic E-state index is 0. The quantitative estimate of drug-likeness (QED) is 0.873. The van der Waals surface area contributed by atoms with E-state index in [0.29, 0.717) is 12.1 Å². The Morgan fingerprint density at radius 2 is 1.94 bits per heavy atom. The van der Waals surface area contributed by atoms with Crippen molar-refractivity contribution in [3.8, 4) is 5.75 Å². The predicted molar refractivity (Wildman–Crippen MR) is 54.2 cm³/mol. The van der Waals surface area contributed by atoms with E-state index in [1.807, 2.05) is 0 Å². The van der Waals surface area contributed by atoms with Crippen molar-refractivity contribution in [2.75, 3.05) is 5.32 Å². The van der Waals surface area contributed by atoms with Gasteiger partial charge in [0.25, 0.3) is 0 Å². The number of carbonyl (C=O) groups excluding carboxylic acids is 1. The monoisotopic (exact) mass is 235 g/mol. The van der Waals surface area contributed by atoms with E-state index in [1.165, 1.54) is 12.1 Å². The molecule has 6 heteroatoms. The minimum atomic E-state index is -4.70. The lowest BCUT2D eigenvalue weighted by Crippen LogP contribution is -2.17. The predicted octanol–water partition coefficient (Wildman–Crippen LogP) is 3.18. The summed E-state index contributed by atoms with van der Waals surface area (Å²) in [5.41, 5.74) is 0.432. The smallest absolute Gasteiger partial charge is 0.406 e. The molecule has 0 aromatic heterocycles. The SMILES string of the molecule is CCC(=O)Nc1ccc(OC(F)(F)F)cc1.[HH]. The molecule has 1 aromatic rings. The maximum absolute atomic E-state index is 11.8. The number of hydrogen-bond donors (Lipinski definition) is 1. The minimum Gasteiger partial charge on any atom is -0.406 e. The number of ether oxygens (including phenoxy) is 1. The summed E-state index contributed by atoms with van der Waals surface area (Å²) in [6.45, 7) is 1.68. The van der Waals surface area contributed by atoms with Crippen molar-refractivity contribution in [3.05, 3.63) is 24.3 Å². The maximum Gasteiger partial charge on any atom is 0.573 e. The van der Waals surface area contributed by atoms with Crippen molar-refractivity contribution >= 4 is 11.6 Å². The van der Waals surface area contributed by atoms with Gasteiger partial charge >= 0.3 is 6.36 Å². The van der Waals surface area contributed by atoms with E-state index in [0.717, 1.165) is 12.1 Å². The average molecular weight is 235 g/mol. The molecule has 0 aliphatic heterocycles. The van der Waals surface area contributed by atoms with Crippen molar-refractivity contribution in [1.29, 1.82) is 0 Å². The van der Waals surface area contributed by atoms with E-state index >= 15 is 0 Å². The van der Waals surface area contributed by atoms with E-state index in [9.17, 15) is 18.0 Å². The highest BCUT2D eigenvalue weighted by Gasteiger charge is 2.30. The molecule has 0 saturated carbocycles. The van der Waals surface area contributed by atoms with Crippen LogP contribution < -0.4 is 10.1 Å². The fourth-order valence-electron chi connectivity index (χ4n) is 0.989. The second-order valence-electron chi connectivity index (χ2n) is 2.97. The van der Waals surface area contributed by atoms with Crippen LogP contribution in [0.15, 0.2) is 24.3 Å². The van der Waals surface area contributed by atoms with Crippen molar-refractivity contribution in [3.63, 3.8) is 0 Å². The van der Waals surface area contributed by atoms with Crippen LogP contribution in [-0.4, -0.2) is 12.3 Å². The second-order valence-corrected chi connectivity index (χ2v) is 2.97. The summed E-state index contributed by atoms with van der Waals surface area (Å²) in [5.74, 6) is -0.522. The van der Waals surface area contributed by atoms with Crippen molar-refractivity contribution in [1.82, 2.24) is 0 Å². The van der Waals surface area contributed by atoms with Crippen LogP contribution in [0, 0.1) is 0 Å². The molecule has 3 nitrogen and oxygen atoms in total. The Morgan fingerprint density at radius 1 is 1.38 bits per heavy atom. The van der Waals surface area contributed by atoms with Gasteiger partial charge in [0.1, 0.15) is 5.75 Å². The zero-order valence-corrected chi connectivity index (χ0v) is 8.47. The zero-order chi connectivity index (χ0) is 12.2. The molecule has 90 valence electrons. The summed E-state index contributed by atoms with van der Waals surface area (Å²) in [4.78, 5) is 11.0. The third-order valence-corrected chi connectivity index (χ3v) is 1.69. The summed E-state index contributed by atoms with van der Waals surface area (Å²) in [7, 11) is 0. The van der Waals surface area contributed by atoms with Crippen LogP contribution in [0.3, 0.4) is 0 Å². The van der Waals surface area contributed by atoms with Crippen LogP contribution in [0.4, 0.5) is 18.9 Å². The van der Waals surface area contributed by atoms with Crippen LogP contribution >= 0.6 is 0 Å². The van der Waals surface area contributed by atoms with Gasteiger partial charge in [-0.25, -0.2) is 0 Å². The summed E-state index contributed by atoms with van der Waals surface area (Å²) >= 11 is 0. The van der Waals surface area contributed by atoms with E-state index in [4.69, 9.17) is 0 Å². The summed E-state index contributed by atoms with van der Waals surface area (Å²) < 4.78 is 39.1. The number of rotatable bonds is 3. The van der Waals surface area contributed by atoms with Crippen LogP contribution in [-0.2, 0) is 4.79 Å². The molecular formula is C10H12F3NO2. The molecule has 1 amide bonds. The molecule has 0 spiro atoms. The number of amides is 1. The van der Waals surface area contributed by atoms with E-state index < -0.39 is 6.36 Å². The van der Waals surface area contributed by atoms with Gasteiger partial charge in [-0.1, -0.05) is 6.92 Å². The number of anilines is 1. The summed E-state index contributed by atoms with van der Waals surface area (Å²) in [6.07, 6.45) is -4.39. The van der Waals surface area contributed by atoms with Gasteiger partial charge in [0, 0.05) is 13.5 Å². The highest BCUT2D eigenvalue weighted by atomic mass is 19.4.